The summed E-state index contributed by atoms with van der Waals surface area (Å²) < 4.78 is 61.9. The number of imidazole rings is 1. The van der Waals surface area contributed by atoms with E-state index in [1.165, 1.54) is 12.1 Å². The molecule has 0 spiro atoms. The molecule has 4 aromatic rings. The maximum absolute atomic E-state index is 12.3. The van der Waals surface area contributed by atoms with Crippen molar-refractivity contribution in [2.24, 2.45) is 5.14 Å². The molecule has 2 aromatic carbocycles. The minimum atomic E-state index is -4.51. The van der Waals surface area contributed by atoms with Crippen LogP contribution >= 0.6 is 0 Å². The van der Waals surface area contributed by atoms with Gasteiger partial charge in [-0.1, -0.05) is 24.3 Å². The van der Waals surface area contributed by atoms with E-state index < -0.39 is 28.8 Å². The predicted molar refractivity (Wildman–Crippen MR) is 129 cm³/mol. The van der Waals surface area contributed by atoms with E-state index in [0.717, 1.165) is 5.56 Å². The SMILES string of the molecule is NS(=O)(=O)c1cccc(-c2ccn3c(-c4cccc(NC(=O)NCC(F)(F)F)c4)cnc3c2)c1.O=CO. The number of benzene rings is 2. The first-order chi connectivity index (χ1) is 17.4. The van der Waals surface area contributed by atoms with Crippen LogP contribution in [0.2, 0.25) is 0 Å². The highest BCUT2D eigenvalue weighted by atomic mass is 32.2. The summed E-state index contributed by atoms with van der Waals surface area (Å²) in [4.78, 5) is 24.5. The van der Waals surface area contributed by atoms with Crippen molar-refractivity contribution in [2.45, 2.75) is 11.1 Å². The van der Waals surface area contributed by atoms with Gasteiger partial charge in [0.2, 0.25) is 10.0 Å². The number of anilines is 1. The van der Waals surface area contributed by atoms with Gasteiger partial charge in [-0.3, -0.25) is 9.20 Å². The zero-order valence-corrected chi connectivity index (χ0v) is 19.6. The van der Waals surface area contributed by atoms with Crippen molar-refractivity contribution in [3.05, 3.63) is 73.1 Å². The van der Waals surface area contributed by atoms with Crippen LogP contribution in [-0.2, 0) is 14.8 Å². The molecule has 37 heavy (non-hydrogen) atoms. The fraction of sp³-hybridized carbons (Fsp3) is 0.0870. The van der Waals surface area contributed by atoms with E-state index in [0.29, 0.717) is 28.2 Å². The number of carboxylic acid groups (broad SMARTS) is 1. The fourth-order valence-corrected chi connectivity index (χ4v) is 3.90. The molecule has 2 heterocycles. The van der Waals surface area contributed by atoms with Gasteiger partial charge in [0.25, 0.3) is 6.47 Å². The number of nitrogens with one attached hydrogen (secondary N) is 2. The van der Waals surface area contributed by atoms with Gasteiger partial charge in [0.1, 0.15) is 12.2 Å². The number of aromatic nitrogens is 2. The first-order valence-corrected chi connectivity index (χ1v) is 11.9. The van der Waals surface area contributed by atoms with E-state index in [1.807, 2.05) is 0 Å². The van der Waals surface area contributed by atoms with E-state index in [9.17, 15) is 26.4 Å². The molecular formula is C23H20F3N5O5S. The normalized spacial score (nSPS) is 11.4. The Morgan fingerprint density at radius 3 is 2.38 bits per heavy atom. The highest BCUT2D eigenvalue weighted by Crippen LogP contribution is 2.27. The third-order valence-electron chi connectivity index (χ3n) is 4.87. The average molecular weight is 536 g/mol. The topological polar surface area (TPSA) is 156 Å². The van der Waals surface area contributed by atoms with Gasteiger partial charge >= 0.3 is 12.2 Å². The van der Waals surface area contributed by atoms with Gasteiger partial charge in [-0.05, 0) is 47.5 Å². The van der Waals surface area contributed by atoms with Crippen LogP contribution < -0.4 is 15.8 Å². The molecule has 194 valence electrons. The summed E-state index contributed by atoms with van der Waals surface area (Å²) in [6.07, 6.45) is -1.13. The maximum Gasteiger partial charge on any atom is 0.405 e. The number of hydrogen-bond acceptors (Lipinski definition) is 5. The molecule has 0 aliphatic rings. The van der Waals surface area contributed by atoms with Crippen molar-refractivity contribution in [1.29, 1.82) is 0 Å². The number of carbonyl (C=O) groups excluding carboxylic acids is 1. The van der Waals surface area contributed by atoms with Gasteiger partial charge in [-0.2, -0.15) is 13.2 Å². The van der Waals surface area contributed by atoms with Crippen LogP contribution in [0, 0.1) is 0 Å². The van der Waals surface area contributed by atoms with Crippen molar-refractivity contribution in [3.63, 3.8) is 0 Å². The summed E-state index contributed by atoms with van der Waals surface area (Å²) in [5, 5.41) is 16.2. The van der Waals surface area contributed by atoms with E-state index in [-0.39, 0.29) is 11.4 Å². The van der Waals surface area contributed by atoms with Gasteiger partial charge in [-0.15, -0.1) is 0 Å². The molecule has 0 unspecified atom stereocenters. The number of amides is 2. The number of primary sulfonamides is 1. The van der Waals surface area contributed by atoms with Gasteiger partial charge in [0.05, 0.1) is 16.8 Å². The molecule has 0 radical (unpaired) electrons. The van der Waals surface area contributed by atoms with Crippen molar-refractivity contribution in [1.82, 2.24) is 14.7 Å². The predicted octanol–water partition coefficient (Wildman–Crippen LogP) is 3.70. The molecule has 4 rings (SSSR count). The number of fused-ring (bicyclic) bond motifs is 1. The van der Waals surface area contributed by atoms with Crippen LogP contribution in [0.3, 0.4) is 0 Å². The third-order valence-corrected chi connectivity index (χ3v) is 5.79. The molecule has 2 amide bonds. The zero-order valence-electron chi connectivity index (χ0n) is 18.8. The standard InChI is InChI=1S/C22H18F3N5O3S.CH2O2/c23-22(24,25)13-28-21(31)29-17-5-1-4-16(9-17)19-12-27-20-11-15(7-8-30(19)20)14-3-2-6-18(10-14)34(26,32)33;2-1-3/h1-12H,13H2,(H2,26,32,33)(H2,28,29,31);1H,(H,2,3). The lowest BCUT2D eigenvalue weighted by molar-refractivity contribution is -0.123. The monoisotopic (exact) mass is 535 g/mol. The fourth-order valence-electron chi connectivity index (χ4n) is 3.34. The zero-order chi connectivity index (χ0) is 27.2. The summed E-state index contributed by atoms with van der Waals surface area (Å²) in [6.45, 7) is -1.69. The lowest BCUT2D eigenvalue weighted by Gasteiger charge is -2.11. The van der Waals surface area contributed by atoms with Crippen LogP contribution in [0.5, 0.6) is 0 Å². The number of nitrogens with zero attached hydrogens (tertiary/aromatic N) is 2. The summed E-state index contributed by atoms with van der Waals surface area (Å²) in [7, 11) is -3.84. The molecule has 0 saturated heterocycles. The second kappa shape index (κ2) is 11.1. The summed E-state index contributed by atoms with van der Waals surface area (Å²) in [6, 6.07) is 15.4. The molecule has 0 atom stereocenters. The largest absolute Gasteiger partial charge is 0.483 e. The van der Waals surface area contributed by atoms with E-state index in [4.69, 9.17) is 15.0 Å². The van der Waals surface area contributed by atoms with Gasteiger partial charge in [-0.25, -0.2) is 23.3 Å². The lowest BCUT2D eigenvalue weighted by Crippen LogP contribution is -2.36. The van der Waals surface area contributed by atoms with Crippen molar-refractivity contribution in [2.75, 3.05) is 11.9 Å². The average Bonchev–Trinajstić information content (AvgIpc) is 3.26. The van der Waals surface area contributed by atoms with Crippen LogP contribution in [-0.4, -0.2) is 48.1 Å². The molecule has 2 aromatic heterocycles. The molecular weight excluding hydrogens is 515 g/mol. The Balaban J connectivity index is 0.00000121. The molecule has 0 aliphatic carbocycles. The second-order valence-electron chi connectivity index (χ2n) is 7.47. The number of nitrogens with two attached hydrogens (primary N) is 1. The molecule has 0 saturated carbocycles. The summed E-state index contributed by atoms with van der Waals surface area (Å²) in [5.74, 6) is 0. The number of halogens is 3. The highest BCUT2D eigenvalue weighted by molar-refractivity contribution is 7.89. The summed E-state index contributed by atoms with van der Waals surface area (Å²) in [5.41, 5.74) is 3.61. The van der Waals surface area contributed by atoms with Gasteiger partial charge in [0, 0.05) is 17.4 Å². The first kappa shape index (κ1) is 27.2. The highest BCUT2D eigenvalue weighted by Gasteiger charge is 2.27. The summed E-state index contributed by atoms with van der Waals surface area (Å²) >= 11 is 0. The quantitative estimate of drug-likeness (QED) is 0.286. The van der Waals surface area contributed by atoms with E-state index >= 15 is 0 Å². The Kier molecular flexibility index (Phi) is 8.14. The molecule has 0 fully saturated rings. The maximum atomic E-state index is 12.3. The molecule has 5 N–H and O–H groups in total. The second-order valence-corrected chi connectivity index (χ2v) is 9.03. The number of pyridine rings is 1. The van der Waals surface area contributed by atoms with E-state index in [1.54, 1.807) is 70.6 Å². The van der Waals surface area contributed by atoms with E-state index in [2.05, 4.69) is 10.3 Å². The third kappa shape index (κ3) is 7.28. The Morgan fingerprint density at radius 1 is 1.05 bits per heavy atom. The van der Waals surface area contributed by atoms with Crippen LogP contribution in [0.15, 0.2) is 78.0 Å². The number of urea groups is 1. The van der Waals surface area contributed by atoms with Crippen molar-refractivity contribution in [3.8, 4) is 22.4 Å². The number of hydrogen-bond donors (Lipinski definition) is 4. The molecule has 10 nitrogen and oxygen atoms in total. The smallest absolute Gasteiger partial charge is 0.405 e. The number of sulfonamides is 1. The van der Waals surface area contributed by atoms with Gasteiger partial charge < -0.3 is 15.7 Å². The number of alkyl halides is 3. The Labute approximate surface area is 208 Å². The number of carbonyl (C=O) groups is 2. The number of rotatable bonds is 5. The molecule has 0 bridgehead atoms. The van der Waals surface area contributed by atoms with Crippen LogP contribution in [0.25, 0.3) is 28.0 Å². The molecule has 14 heteroatoms. The lowest BCUT2D eigenvalue weighted by atomic mass is 10.1. The Bertz CT molecular complexity index is 1540. The van der Waals surface area contributed by atoms with Gasteiger partial charge in [0.15, 0.2) is 0 Å². The Hall–Kier alpha value is -4.43. The minimum Gasteiger partial charge on any atom is -0.483 e. The minimum absolute atomic E-state index is 0.00232. The van der Waals surface area contributed by atoms with Crippen LogP contribution in [0.4, 0.5) is 23.7 Å². The Morgan fingerprint density at radius 2 is 1.70 bits per heavy atom. The van der Waals surface area contributed by atoms with Crippen molar-refractivity contribution < 1.29 is 36.3 Å². The van der Waals surface area contributed by atoms with Crippen LogP contribution in [0.1, 0.15) is 0 Å². The molecule has 0 aliphatic heterocycles. The first-order valence-electron chi connectivity index (χ1n) is 10.3. The van der Waals surface area contributed by atoms with Crippen molar-refractivity contribution >= 4 is 33.9 Å².